The lowest BCUT2D eigenvalue weighted by molar-refractivity contribution is 0.0860. The molecular weight excluding hydrogens is 388 g/mol. The third-order valence-corrected chi connectivity index (χ3v) is 6.47. The first-order valence-electron chi connectivity index (χ1n) is 9.41. The zero-order valence-corrected chi connectivity index (χ0v) is 18.1. The Morgan fingerprint density at radius 1 is 1.07 bits per heavy atom. The van der Waals surface area contributed by atoms with Gasteiger partial charge in [0, 0.05) is 50.0 Å². The molecule has 0 aliphatic rings. The quantitative estimate of drug-likeness (QED) is 0.669. The standard InChI is InChI=1S/C21H26N4O3S/c1-14(2)21(26)25-13-19(15(3)23-29(27,28)24(4)5)18-7-6-17(12-20(18)25)16-8-10-22-11-9-16/h6-15,23H,1-5H3. The van der Waals surface area contributed by atoms with E-state index in [4.69, 9.17) is 0 Å². The summed E-state index contributed by atoms with van der Waals surface area (Å²) in [5.74, 6) is -0.243. The maximum atomic E-state index is 12.8. The van der Waals surface area contributed by atoms with Crippen LogP contribution in [0.4, 0.5) is 0 Å². The van der Waals surface area contributed by atoms with E-state index in [1.165, 1.54) is 14.1 Å². The van der Waals surface area contributed by atoms with Crippen molar-refractivity contribution in [3.8, 4) is 11.1 Å². The van der Waals surface area contributed by atoms with Crippen LogP contribution in [0.15, 0.2) is 48.9 Å². The Morgan fingerprint density at radius 2 is 1.72 bits per heavy atom. The average molecular weight is 415 g/mol. The van der Waals surface area contributed by atoms with Crippen LogP contribution in [-0.2, 0) is 10.2 Å². The fourth-order valence-electron chi connectivity index (χ4n) is 3.18. The molecule has 8 heteroatoms. The summed E-state index contributed by atoms with van der Waals surface area (Å²) in [6, 6.07) is 9.18. The molecule has 1 aromatic carbocycles. The van der Waals surface area contributed by atoms with Crippen LogP contribution in [0.3, 0.4) is 0 Å². The van der Waals surface area contributed by atoms with Gasteiger partial charge in [-0.1, -0.05) is 26.0 Å². The van der Waals surface area contributed by atoms with E-state index in [9.17, 15) is 13.2 Å². The molecule has 1 unspecified atom stereocenters. The highest BCUT2D eigenvalue weighted by atomic mass is 32.2. The summed E-state index contributed by atoms with van der Waals surface area (Å²) < 4.78 is 30.0. The van der Waals surface area contributed by atoms with E-state index in [0.29, 0.717) is 0 Å². The zero-order valence-electron chi connectivity index (χ0n) is 17.2. The summed E-state index contributed by atoms with van der Waals surface area (Å²) in [7, 11) is -0.663. The van der Waals surface area contributed by atoms with Gasteiger partial charge in [-0.05, 0) is 41.8 Å². The molecule has 2 heterocycles. The van der Waals surface area contributed by atoms with Crippen LogP contribution >= 0.6 is 0 Å². The third-order valence-electron chi connectivity index (χ3n) is 4.85. The first-order valence-corrected chi connectivity index (χ1v) is 10.8. The molecular formula is C21H26N4O3S. The molecule has 0 aliphatic heterocycles. The Bertz CT molecular complexity index is 1140. The van der Waals surface area contributed by atoms with Crippen molar-refractivity contribution in [2.24, 2.45) is 5.92 Å². The Kier molecular flexibility index (Phi) is 5.88. The van der Waals surface area contributed by atoms with Gasteiger partial charge in [0.2, 0.25) is 5.91 Å². The number of carbonyl (C=O) groups excluding carboxylic acids is 1. The molecule has 0 saturated carbocycles. The van der Waals surface area contributed by atoms with Crippen LogP contribution in [0.5, 0.6) is 0 Å². The summed E-state index contributed by atoms with van der Waals surface area (Å²) in [5.41, 5.74) is 3.46. The molecule has 29 heavy (non-hydrogen) atoms. The smallest absolute Gasteiger partial charge is 0.279 e. The van der Waals surface area contributed by atoms with E-state index < -0.39 is 16.3 Å². The van der Waals surface area contributed by atoms with Crippen molar-refractivity contribution in [2.45, 2.75) is 26.8 Å². The number of hydrogen-bond acceptors (Lipinski definition) is 4. The molecule has 3 rings (SSSR count). The minimum absolute atomic E-state index is 0.0456. The van der Waals surface area contributed by atoms with E-state index in [1.807, 2.05) is 44.2 Å². The summed E-state index contributed by atoms with van der Waals surface area (Å²) >= 11 is 0. The largest absolute Gasteiger partial charge is 0.287 e. The summed E-state index contributed by atoms with van der Waals surface area (Å²) in [6.07, 6.45) is 5.19. The van der Waals surface area contributed by atoms with E-state index in [1.54, 1.807) is 30.1 Å². The van der Waals surface area contributed by atoms with Gasteiger partial charge in [-0.25, -0.2) is 0 Å². The lowest BCUT2D eigenvalue weighted by Gasteiger charge is -2.17. The van der Waals surface area contributed by atoms with Gasteiger partial charge in [0.25, 0.3) is 10.2 Å². The van der Waals surface area contributed by atoms with Gasteiger partial charge < -0.3 is 0 Å². The van der Waals surface area contributed by atoms with Gasteiger partial charge in [0.05, 0.1) is 5.52 Å². The molecule has 0 fully saturated rings. The highest BCUT2D eigenvalue weighted by Gasteiger charge is 2.23. The van der Waals surface area contributed by atoms with Crippen molar-refractivity contribution in [1.29, 1.82) is 0 Å². The number of rotatable bonds is 6. The molecule has 0 aliphatic carbocycles. The Morgan fingerprint density at radius 3 is 2.31 bits per heavy atom. The Hall–Kier alpha value is -2.55. The molecule has 0 bridgehead atoms. The molecule has 0 amide bonds. The van der Waals surface area contributed by atoms with Crippen molar-refractivity contribution in [3.63, 3.8) is 0 Å². The predicted molar refractivity (Wildman–Crippen MR) is 115 cm³/mol. The van der Waals surface area contributed by atoms with Crippen LogP contribution in [0.25, 0.3) is 22.0 Å². The summed E-state index contributed by atoms with van der Waals surface area (Å²) in [4.78, 5) is 16.9. The number of hydrogen-bond donors (Lipinski definition) is 1. The van der Waals surface area contributed by atoms with Gasteiger partial charge in [0.15, 0.2) is 0 Å². The van der Waals surface area contributed by atoms with Crippen LogP contribution in [-0.4, -0.2) is 42.3 Å². The number of carbonyl (C=O) groups is 1. The number of aromatic nitrogens is 2. The maximum absolute atomic E-state index is 12.8. The van der Waals surface area contributed by atoms with Crippen LogP contribution in [0, 0.1) is 5.92 Å². The monoisotopic (exact) mass is 414 g/mol. The lowest BCUT2D eigenvalue weighted by atomic mass is 10.0. The van der Waals surface area contributed by atoms with Crippen molar-refractivity contribution in [3.05, 3.63) is 54.5 Å². The molecule has 1 N–H and O–H groups in total. The molecule has 154 valence electrons. The van der Waals surface area contributed by atoms with Gasteiger partial charge in [0.1, 0.15) is 0 Å². The van der Waals surface area contributed by atoms with Crippen LogP contribution in [0.2, 0.25) is 0 Å². The van der Waals surface area contributed by atoms with Gasteiger partial charge in [-0.2, -0.15) is 17.4 Å². The average Bonchev–Trinajstić information content (AvgIpc) is 3.06. The highest BCUT2D eigenvalue weighted by Crippen LogP contribution is 2.31. The second-order valence-corrected chi connectivity index (χ2v) is 9.46. The number of nitrogens with one attached hydrogen (secondary N) is 1. The molecule has 0 spiro atoms. The first kappa shape index (κ1) is 21.2. The summed E-state index contributed by atoms with van der Waals surface area (Å²) in [6.45, 7) is 5.47. The van der Waals surface area contributed by atoms with Crippen molar-refractivity contribution < 1.29 is 13.2 Å². The van der Waals surface area contributed by atoms with Crippen LogP contribution < -0.4 is 4.72 Å². The van der Waals surface area contributed by atoms with Gasteiger partial charge >= 0.3 is 0 Å². The van der Waals surface area contributed by atoms with Crippen molar-refractivity contribution in [1.82, 2.24) is 18.6 Å². The van der Waals surface area contributed by atoms with Gasteiger partial charge in [-0.3, -0.25) is 14.3 Å². The third kappa shape index (κ3) is 4.24. The highest BCUT2D eigenvalue weighted by molar-refractivity contribution is 7.87. The fourth-order valence-corrected chi connectivity index (χ4v) is 3.96. The Balaban J connectivity index is 2.15. The molecule has 0 radical (unpaired) electrons. The van der Waals surface area contributed by atoms with E-state index >= 15 is 0 Å². The summed E-state index contributed by atoms with van der Waals surface area (Å²) in [5, 5.41) is 0.839. The zero-order chi connectivity index (χ0) is 21.3. The molecule has 0 saturated heterocycles. The number of fused-ring (bicyclic) bond motifs is 1. The van der Waals surface area contributed by atoms with Crippen LogP contribution in [0.1, 0.15) is 37.2 Å². The molecule has 3 aromatic rings. The first-order chi connectivity index (χ1) is 13.6. The SMILES string of the molecule is CC(C)C(=O)n1cc(C(C)NS(=O)(=O)N(C)C)c2ccc(-c3ccncc3)cc21. The Labute approximate surface area is 171 Å². The van der Waals surface area contributed by atoms with Crippen molar-refractivity contribution >= 4 is 27.0 Å². The number of pyridine rings is 1. The second kappa shape index (κ2) is 8.06. The topological polar surface area (TPSA) is 84.3 Å². The lowest BCUT2D eigenvalue weighted by Crippen LogP contribution is -2.37. The number of benzene rings is 1. The maximum Gasteiger partial charge on any atom is 0.279 e. The molecule has 1 atom stereocenters. The fraction of sp³-hybridized carbons (Fsp3) is 0.333. The minimum atomic E-state index is -3.61. The molecule has 7 nitrogen and oxygen atoms in total. The normalized spacial score (nSPS) is 13.3. The molecule has 2 aromatic heterocycles. The van der Waals surface area contributed by atoms with E-state index in [-0.39, 0.29) is 11.8 Å². The van der Waals surface area contributed by atoms with Gasteiger partial charge in [-0.15, -0.1) is 0 Å². The van der Waals surface area contributed by atoms with E-state index in [2.05, 4.69) is 9.71 Å². The predicted octanol–water partition coefficient (Wildman–Crippen LogP) is 3.46. The van der Waals surface area contributed by atoms with Crippen molar-refractivity contribution in [2.75, 3.05) is 14.1 Å². The second-order valence-electron chi connectivity index (χ2n) is 7.54. The number of nitrogens with zero attached hydrogens (tertiary/aromatic N) is 3. The minimum Gasteiger partial charge on any atom is -0.287 e. The van der Waals surface area contributed by atoms with E-state index in [0.717, 1.165) is 31.9 Å².